The molecule has 0 radical (unpaired) electrons. The number of rotatable bonds is 3. The Morgan fingerprint density at radius 2 is 2.21 bits per heavy atom. The SMILES string of the molecule is O=C1CC[C@@H](CN[C@H]2CCCc3cc(Br)ccc32)N1. The number of benzene rings is 1. The van der Waals surface area contributed by atoms with E-state index in [9.17, 15) is 4.79 Å². The van der Waals surface area contributed by atoms with Crippen molar-refractivity contribution in [2.45, 2.75) is 44.2 Å². The van der Waals surface area contributed by atoms with Gasteiger partial charge in [-0.3, -0.25) is 4.79 Å². The van der Waals surface area contributed by atoms with Crippen LogP contribution in [-0.2, 0) is 11.2 Å². The molecule has 3 nitrogen and oxygen atoms in total. The van der Waals surface area contributed by atoms with E-state index in [1.165, 1.54) is 30.4 Å². The maximum absolute atomic E-state index is 11.2. The lowest BCUT2D eigenvalue weighted by Gasteiger charge is -2.28. The molecule has 2 atom stereocenters. The first-order valence-corrected chi connectivity index (χ1v) is 7.83. The Labute approximate surface area is 122 Å². The summed E-state index contributed by atoms with van der Waals surface area (Å²) in [7, 11) is 0. The van der Waals surface area contributed by atoms with Crippen molar-refractivity contribution in [3.63, 3.8) is 0 Å². The second-order valence-corrected chi connectivity index (χ2v) is 6.41. The van der Waals surface area contributed by atoms with Gasteiger partial charge in [-0.25, -0.2) is 0 Å². The molecule has 4 heteroatoms. The van der Waals surface area contributed by atoms with Crippen molar-refractivity contribution in [1.82, 2.24) is 10.6 Å². The molecule has 1 aliphatic carbocycles. The molecule has 0 aromatic heterocycles. The second-order valence-electron chi connectivity index (χ2n) is 5.50. The van der Waals surface area contributed by atoms with Gasteiger partial charge in [0.2, 0.25) is 5.91 Å². The highest BCUT2D eigenvalue weighted by Gasteiger charge is 2.24. The van der Waals surface area contributed by atoms with Crippen LogP contribution in [0.2, 0.25) is 0 Å². The Morgan fingerprint density at radius 3 is 3.00 bits per heavy atom. The Morgan fingerprint density at radius 1 is 1.32 bits per heavy atom. The number of aryl methyl sites for hydroxylation is 1. The predicted octanol–water partition coefficient (Wildman–Crippen LogP) is 2.69. The topological polar surface area (TPSA) is 41.1 Å². The number of amides is 1. The van der Waals surface area contributed by atoms with Crippen LogP contribution < -0.4 is 10.6 Å². The quantitative estimate of drug-likeness (QED) is 0.898. The summed E-state index contributed by atoms with van der Waals surface area (Å²) < 4.78 is 1.16. The molecule has 2 aliphatic rings. The van der Waals surface area contributed by atoms with Gasteiger partial charge in [0.05, 0.1) is 0 Å². The maximum atomic E-state index is 11.2. The minimum Gasteiger partial charge on any atom is -0.352 e. The molecule has 1 aromatic carbocycles. The van der Waals surface area contributed by atoms with E-state index in [4.69, 9.17) is 0 Å². The number of fused-ring (bicyclic) bond motifs is 1. The number of carbonyl (C=O) groups is 1. The standard InChI is InChI=1S/C15H19BrN2O/c16-11-4-6-13-10(8-11)2-1-3-14(13)17-9-12-5-7-15(19)18-12/h4,6,8,12,14,17H,1-3,5,7,9H2,(H,18,19)/t12-,14-/m0/s1. The van der Waals surface area contributed by atoms with E-state index in [0.29, 0.717) is 18.5 Å². The molecule has 1 heterocycles. The summed E-state index contributed by atoms with van der Waals surface area (Å²) in [6.07, 6.45) is 5.24. The number of nitrogens with one attached hydrogen (secondary N) is 2. The zero-order chi connectivity index (χ0) is 13.2. The lowest BCUT2D eigenvalue weighted by atomic mass is 9.87. The summed E-state index contributed by atoms with van der Waals surface area (Å²) in [5.41, 5.74) is 2.88. The van der Waals surface area contributed by atoms with Crippen LogP contribution in [-0.4, -0.2) is 18.5 Å². The third-order valence-electron chi connectivity index (χ3n) is 4.11. The van der Waals surface area contributed by atoms with Crippen LogP contribution >= 0.6 is 15.9 Å². The molecule has 3 rings (SSSR count). The molecular formula is C15H19BrN2O. The Kier molecular flexibility index (Phi) is 3.89. The zero-order valence-corrected chi connectivity index (χ0v) is 12.5. The molecule has 0 saturated carbocycles. The summed E-state index contributed by atoms with van der Waals surface area (Å²) in [5, 5.41) is 6.65. The molecule has 0 bridgehead atoms. The Hall–Kier alpha value is -0.870. The van der Waals surface area contributed by atoms with Crippen molar-refractivity contribution in [1.29, 1.82) is 0 Å². The Balaban J connectivity index is 1.65. The van der Waals surface area contributed by atoms with E-state index < -0.39 is 0 Å². The van der Waals surface area contributed by atoms with Gasteiger partial charge in [-0.05, 0) is 48.9 Å². The summed E-state index contributed by atoms with van der Waals surface area (Å²) in [5.74, 6) is 0.194. The van der Waals surface area contributed by atoms with Crippen LogP contribution in [0.15, 0.2) is 22.7 Å². The minimum absolute atomic E-state index is 0.194. The van der Waals surface area contributed by atoms with Crippen molar-refractivity contribution >= 4 is 21.8 Å². The van der Waals surface area contributed by atoms with E-state index >= 15 is 0 Å². The second kappa shape index (κ2) is 5.63. The number of carbonyl (C=O) groups excluding carboxylic acids is 1. The molecule has 0 unspecified atom stereocenters. The van der Waals surface area contributed by atoms with Crippen LogP contribution in [0.4, 0.5) is 0 Å². The highest BCUT2D eigenvalue weighted by atomic mass is 79.9. The van der Waals surface area contributed by atoms with Gasteiger partial charge in [0.15, 0.2) is 0 Å². The lowest BCUT2D eigenvalue weighted by Crippen LogP contribution is -2.38. The number of halogens is 1. The van der Waals surface area contributed by atoms with Crippen molar-refractivity contribution in [3.05, 3.63) is 33.8 Å². The molecular weight excluding hydrogens is 304 g/mol. The smallest absolute Gasteiger partial charge is 0.220 e. The number of hydrogen-bond donors (Lipinski definition) is 2. The molecule has 1 saturated heterocycles. The first kappa shape index (κ1) is 13.1. The zero-order valence-electron chi connectivity index (χ0n) is 10.9. The fourth-order valence-electron chi connectivity index (χ4n) is 3.11. The number of hydrogen-bond acceptors (Lipinski definition) is 2. The molecule has 1 amide bonds. The molecule has 19 heavy (non-hydrogen) atoms. The summed E-state index contributed by atoms with van der Waals surface area (Å²) in [4.78, 5) is 11.2. The molecule has 1 aliphatic heterocycles. The average Bonchev–Trinajstić information content (AvgIpc) is 2.81. The van der Waals surface area contributed by atoms with Crippen LogP contribution in [0, 0.1) is 0 Å². The van der Waals surface area contributed by atoms with Gasteiger partial charge < -0.3 is 10.6 Å². The van der Waals surface area contributed by atoms with E-state index in [-0.39, 0.29) is 5.91 Å². The van der Waals surface area contributed by atoms with Crippen molar-refractivity contribution in [2.75, 3.05) is 6.54 Å². The van der Waals surface area contributed by atoms with E-state index in [2.05, 4.69) is 44.8 Å². The molecule has 0 spiro atoms. The van der Waals surface area contributed by atoms with Crippen LogP contribution in [0.25, 0.3) is 0 Å². The molecule has 2 N–H and O–H groups in total. The van der Waals surface area contributed by atoms with E-state index in [0.717, 1.165) is 17.4 Å². The van der Waals surface area contributed by atoms with E-state index in [1.807, 2.05) is 0 Å². The predicted molar refractivity (Wildman–Crippen MR) is 79.0 cm³/mol. The summed E-state index contributed by atoms with van der Waals surface area (Å²) in [6, 6.07) is 7.34. The van der Waals surface area contributed by atoms with Gasteiger partial charge in [0.1, 0.15) is 0 Å². The fourth-order valence-corrected chi connectivity index (χ4v) is 3.52. The van der Waals surface area contributed by atoms with Crippen molar-refractivity contribution in [3.8, 4) is 0 Å². The third-order valence-corrected chi connectivity index (χ3v) is 4.61. The molecule has 102 valence electrons. The normalized spacial score (nSPS) is 26.1. The van der Waals surface area contributed by atoms with Gasteiger partial charge in [0, 0.05) is 29.5 Å². The highest BCUT2D eigenvalue weighted by Crippen LogP contribution is 2.31. The monoisotopic (exact) mass is 322 g/mol. The maximum Gasteiger partial charge on any atom is 0.220 e. The third kappa shape index (κ3) is 3.00. The largest absolute Gasteiger partial charge is 0.352 e. The van der Waals surface area contributed by atoms with Crippen LogP contribution in [0.3, 0.4) is 0 Å². The lowest BCUT2D eigenvalue weighted by molar-refractivity contribution is -0.119. The van der Waals surface area contributed by atoms with Gasteiger partial charge >= 0.3 is 0 Å². The summed E-state index contributed by atoms with van der Waals surface area (Å²) >= 11 is 3.54. The van der Waals surface area contributed by atoms with Gasteiger partial charge in [-0.2, -0.15) is 0 Å². The first-order valence-electron chi connectivity index (χ1n) is 7.03. The van der Waals surface area contributed by atoms with E-state index in [1.54, 1.807) is 0 Å². The summed E-state index contributed by atoms with van der Waals surface area (Å²) in [6.45, 7) is 0.881. The van der Waals surface area contributed by atoms with Crippen LogP contribution in [0.1, 0.15) is 42.9 Å². The Bertz CT molecular complexity index is 489. The van der Waals surface area contributed by atoms with Crippen molar-refractivity contribution in [2.24, 2.45) is 0 Å². The fraction of sp³-hybridized carbons (Fsp3) is 0.533. The van der Waals surface area contributed by atoms with Gasteiger partial charge in [-0.15, -0.1) is 0 Å². The molecule has 1 fully saturated rings. The van der Waals surface area contributed by atoms with Crippen LogP contribution in [0.5, 0.6) is 0 Å². The van der Waals surface area contributed by atoms with Gasteiger partial charge in [-0.1, -0.05) is 22.0 Å². The average molecular weight is 323 g/mol. The van der Waals surface area contributed by atoms with Crippen molar-refractivity contribution < 1.29 is 4.79 Å². The minimum atomic E-state index is 0.194. The molecule has 1 aromatic rings. The first-order chi connectivity index (χ1) is 9.22. The highest BCUT2D eigenvalue weighted by molar-refractivity contribution is 9.10. The van der Waals surface area contributed by atoms with Gasteiger partial charge in [0.25, 0.3) is 0 Å².